The Morgan fingerprint density at radius 3 is 2.48 bits per heavy atom. The van der Waals surface area contributed by atoms with Crippen molar-refractivity contribution < 1.29 is 23.9 Å². The van der Waals surface area contributed by atoms with Crippen LogP contribution in [0.25, 0.3) is 0 Å². The number of nitrogens with zero attached hydrogens (tertiary/aromatic N) is 2. The van der Waals surface area contributed by atoms with Gasteiger partial charge in [0.2, 0.25) is 17.7 Å². The van der Waals surface area contributed by atoms with Gasteiger partial charge in [0, 0.05) is 24.7 Å². The van der Waals surface area contributed by atoms with Gasteiger partial charge in [-0.15, -0.1) is 0 Å². The molecule has 0 N–H and O–H groups in total. The Balaban J connectivity index is 1.30. The Bertz CT molecular complexity index is 1160. The summed E-state index contributed by atoms with van der Waals surface area (Å²) in [6.07, 6.45) is 4.57. The van der Waals surface area contributed by atoms with E-state index >= 15 is 0 Å². The van der Waals surface area contributed by atoms with E-state index in [-0.39, 0.29) is 54.2 Å². The summed E-state index contributed by atoms with van der Waals surface area (Å²) in [5.74, 6) is -2.14. The van der Waals surface area contributed by atoms with Crippen molar-refractivity contribution in [1.29, 1.82) is 0 Å². The number of fused-ring (bicyclic) bond motifs is 1. The van der Waals surface area contributed by atoms with Gasteiger partial charge in [-0.25, -0.2) is 4.90 Å². The molecule has 3 aliphatic rings. The Labute approximate surface area is 191 Å². The number of rotatable bonds is 4. The lowest BCUT2D eigenvalue weighted by Gasteiger charge is -2.22. The fourth-order valence-electron chi connectivity index (χ4n) is 5.01. The van der Waals surface area contributed by atoms with Gasteiger partial charge < -0.3 is 9.64 Å². The average molecular weight is 444 g/mol. The third kappa shape index (κ3) is 3.73. The van der Waals surface area contributed by atoms with Crippen LogP contribution < -0.4 is 14.5 Å². The number of anilines is 2. The largest absolute Gasteiger partial charge is 0.426 e. The second-order valence-electron chi connectivity index (χ2n) is 8.83. The monoisotopic (exact) mass is 444 g/mol. The summed E-state index contributed by atoms with van der Waals surface area (Å²) in [5.41, 5.74) is 1.14. The number of carbonyl (C=O) groups is 4. The van der Waals surface area contributed by atoms with Crippen molar-refractivity contribution >= 4 is 35.1 Å². The standard InChI is InChI=1S/C26H24N2O5/c1-16-7-5-12-21-23(16)25(31)28(24(21)30)19-10-6-11-20(14-19)33-26(32)17-13-22(29)27(15-17)18-8-3-2-4-9-18/h2-11,14,16-17,21,23H,12-13,15H2,1H3/t16-,17+,21+,23-/m1/s1. The molecule has 0 unspecified atom stereocenters. The van der Waals surface area contributed by atoms with Crippen LogP contribution in [-0.2, 0) is 19.2 Å². The summed E-state index contributed by atoms with van der Waals surface area (Å²) in [6.45, 7) is 2.19. The van der Waals surface area contributed by atoms with Crippen LogP contribution in [0.2, 0.25) is 0 Å². The number of imide groups is 1. The van der Waals surface area contributed by atoms with Crippen LogP contribution in [-0.4, -0.2) is 30.2 Å². The lowest BCUT2D eigenvalue weighted by atomic mass is 9.78. The number of allylic oxidation sites excluding steroid dienone is 2. The fourth-order valence-corrected chi connectivity index (χ4v) is 5.01. The molecule has 33 heavy (non-hydrogen) atoms. The summed E-state index contributed by atoms with van der Waals surface area (Å²) < 4.78 is 5.56. The summed E-state index contributed by atoms with van der Waals surface area (Å²) in [4.78, 5) is 54.0. The third-order valence-electron chi connectivity index (χ3n) is 6.69. The Kier molecular flexibility index (Phi) is 5.32. The van der Waals surface area contributed by atoms with Gasteiger partial charge >= 0.3 is 5.97 Å². The summed E-state index contributed by atoms with van der Waals surface area (Å²) >= 11 is 0. The van der Waals surface area contributed by atoms with Crippen LogP contribution in [0, 0.1) is 23.7 Å². The van der Waals surface area contributed by atoms with Gasteiger partial charge in [0.25, 0.3) is 0 Å². The molecule has 0 saturated carbocycles. The Morgan fingerprint density at radius 2 is 1.73 bits per heavy atom. The fraction of sp³-hybridized carbons (Fsp3) is 0.308. The zero-order valence-electron chi connectivity index (χ0n) is 18.2. The van der Waals surface area contributed by atoms with E-state index in [1.807, 2.05) is 49.4 Å². The lowest BCUT2D eigenvalue weighted by Crippen LogP contribution is -2.31. The van der Waals surface area contributed by atoms with Crippen molar-refractivity contribution in [3.8, 4) is 5.75 Å². The van der Waals surface area contributed by atoms with E-state index < -0.39 is 11.9 Å². The van der Waals surface area contributed by atoms with Crippen LogP contribution in [0.4, 0.5) is 11.4 Å². The third-order valence-corrected chi connectivity index (χ3v) is 6.69. The normalized spacial score (nSPS) is 26.6. The van der Waals surface area contributed by atoms with Gasteiger partial charge in [-0.1, -0.05) is 43.3 Å². The topological polar surface area (TPSA) is 84.0 Å². The molecule has 168 valence electrons. The molecule has 0 spiro atoms. The molecule has 0 radical (unpaired) electrons. The molecular weight excluding hydrogens is 420 g/mol. The van der Waals surface area contributed by atoms with Crippen molar-refractivity contribution in [3.63, 3.8) is 0 Å². The van der Waals surface area contributed by atoms with Crippen molar-refractivity contribution in [2.24, 2.45) is 23.7 Å². The summed E-state index contributed by atoms with van der Waals surface area (Å²) in [7, 11) is 0. The number of hydrogen-bond donors (Lipinski definition) is 0. The molecule has 4 atom stereocenters. The Morgan fingerprint density at radius 1 is 0.970 bits per heavy atom. The van der Waals surface area contributed by atoms with Crippen LogP contribution >= 0.6 is 0 Å². The van der Waals surface area contributed by atoms with E-state index in [2.05, 4.69) is 0 Å². The van der Waals surface area contributed by atoms with E-state index in [9.17, 15) is 19.2 Å². The van der Waals surface area contributed by atoms with E-state index in [1.54, 1.807) is 23.1 Å². The van der Waals surface area contributed by atoms with Crippen LogP contribution in [0.1, 0.15) is 19.8 Å². The molecule has 2 aromatic carbocycles. The second-order valence-corrected chi connectivity index (χ2v) is 8.83. The molecule has 5 rings (SSSR count). The lowest BCUT2D eigenvalue weighted by molar-refractivity contribution is -0.139. The molecule has 1 aliphatic carbocycles. The number of esters is 1. The number of amides is 3. The van der Waals surface area contributed by atoms with Gasteiger partial charge in [0.05, 0.1) is 23.4 Å². The SMILES string of the molecule is C[C@@H]1C=CC[C@@H]2C(=O)N(c3cccc(OC(=O)[C@H]4CC(=O)N(c5ccccc5)C4)c3)C(=O)[C@H]12. The second kappa shape index (κ2) is 8.31. The first-order valence-corrected chi connectivity index (χ1v) is 11.2. The smallest absolute Gasteiger partial charge is 0.316 e. The molecular formula is C26H24N2O5. The molecule has 3 amide bonds. The van der Waals surface area contributed by atoms with E-state index in [0.29, 0.717) is 12.1 Å². The predicted octanol–water partition coefficient (Wildman–Crippen LogP) is 3.35. The van der Waals surface area contributed by atoms with Gasteiger partial charge in [-0.3, -0.25) is 19.2 Å². The Hall–Kier alpha value is -3.74. The maximum atomic E-state index is 13.0. The zero-order chi connectivity index (χ0) is 23.1. The van der Waals surface area contributed by atoms with E-state index in [1.165, 1.54) is 11.0 Å². The number of hydrogen-bond acceptors (Lipinski definition) is 5. The highest BCUT2D eigenvalue weighted by atomic mass is 16.5. The van der Waals surface area contributed by atoms with Crippen molar-refractivity contribution in [2.45, 2.75) is 19.8 Å². The van der Waals surface area contributed by atoms with Gasteiger partial charge in [0.1, 0.15) is 5.75 Å². The summed E-state index contributed by atoms with van der Waals surface area (Å²) in [6, 6.07) is 15.7. The van der Waals surface area contributed by atoms with Crippen LogP contribution in [0.5, 0.6) is 5.75 Å². The summed E-state index contributed by atoms with van der Waals surface area (Å²) in [5, 5.41) is 0. The number of para-hydroxylation sites is 1. The number of benzene rings is 2. The molecule has 7 heteroatoms. The number of carbonyl (C=O) groups excluding carboxylic acids is 4. The molecule has 2 heterocycles. The first-order valence-electron chi connectivity index (χ1n) is 11.2. The average Bonchev–Trinajstić information content (AvgIpc) is 3.33. The molecule has 2 aromatic rings. The molecule has 2 saturated heterocycles. The van der Waals surface area contributed by atoms with Crippen LogP contribution in [0.3, 0.4) is 0 Å². The zero-order valence-corrected chi connectivity index (χ0v) is 18.2. The maximum Gasteiger partial charge on any atom is 0.316 e. The van der Waals surface area contributed by atoms with E-state index in [4.69, 9.17) is 4.74 Å². The molecule has 0 aromatic heterocycles. The molecule has 7 nitrogen and oxygen atoms in total. The molecule has 0 bridgehead atoms. The minimum atomic E-state index is -0.591. The van der Waals surface area contributed by atoms with Gasteiger partial charge in [-0.05, 0) is 36.6 Å². The number of ether oxygens (including phenoxy) is 1. The highest BCUT2D eigenvalue weighted by molar-refractivity contribution is 6.22. The molecule has 2 aliphatic heterocycles. The maximum absolute atomic E-state index is 13.0. The van der Waals surface area contributed by atoms with Crippen molar-refractivity contribution in [2.75, 3.05) is 16.3 Å². The first kappa shape index (κ1) is 21.1. The predicted molar refractivity (Wildman–Crippen MR) is 121 cm³/mol. The molecule has 2 fully saturated rings. The van der Waals surface area contributed by atoms with Crippen molar-refractivity contribution in [1.82, 2.24) is 0 Å². The van der Waals surface area contributed by atoms with Gasteiger partial charge in [0.15, 0.2) is 0 Å². The highest BCUT2D eigenvalue weighted by Gasteiger charge is 2.50. The van der Waals surface area contributed by atoms with Crippen molar-refractivity contribution in [3.05, 3.63) is 66.7 Å². The van der Waals surface area contributed by atoms with Crippen LogP contribution in [0.15, 0.2) is 66.7 Å². The minimum Gasteiger partial charge on any atom is -0.426 e. The minimum absolute atomic E-state index is 0.00123. The van der Waals surface area contributed by atoms with Gasteiger partial charge in [-0.2, -0.15) is 0 Å². The quantitative estimate of drug-likeness (QED) is 0.313. The van der Waals surface area contributed by atoms with E-state index in [0.717, 1.165) is 5.69 Å². The first-order chi connectivity index (χ1) is 15.9. The highest BCUT2D eigenvalue weighted by Crippen LogP contribution is 2.41.